The van der Waals surface area contributed by atoms with E-state index in [-0.39, 0.29) is 16.6 Å². The lowest BCUT2D eigenvalue weighted by molar-refractivity contribution is -0.113. The van der Waals surface area contributed by atoms with Crippen molar-refractivity contribution in [2.45, 2.75) is 80.9 Å². The van der Waals surface area contributed by atoms with Crippen LogP contribution >= 0.6 is 35.3 Å². The number of aldehydes is 1. The highest BCUT2D eigenvalue weighted by atomic mass is 32.2. The largest absolute Gasteiger partial charge is 0.396 e. The van der Waals surface area contributed by atoms with Crippen molar-refractivity contribution in [1.29, 1.82) is 0 Å². The number of thioether (sulfide) groups is 3. The first-order chi connectivity index (χ1) is 21.6. The zero-order chi connectivity index (χ0) is 32.3. The van der Waals surface area contributed by atoms with Crippen LogP contribution in [0.1, 0.15) is 62.1 Å². The highest BCUT2D eigenvalue weighted by molar-refractivity contribution is 7.99. The lowest BCUT2D eigenvalue weighted by atomic mass is 10.1. The summed E-state index contributed by atoms with van der Waals surface area (Å²) in [4.78, 5) is 25.6. The zero-order valence-electron chi connectivity index (χ0n) is 27.2. The number of aliphatic hydroxyl groups is 1. The molecule has 45 heavy (non-hydrogen) atoms. The molecule has 3 saturated carbocycles. The van der Waals surface area contributed by atoms with Crippen LogP contribution in [0.4, 0.5) is 0 Å². The van der Waals surface area contributed by atoms with Crippen molar-refractivity contribution in [3.63, 3.8) is 0 Å². The normalized spacial score (nSPS) is 17.7. The fourth-order valence-electron chi connectivity index (χ4n) is 4.39. The highest BCUT2D eigenvalue weighted by Crippen LogP contribution is 2.51. The molecule has 3 nitrogen and oxygen atoms in total. The summed E-state index contributed by atoms with van der Waals surface area (Å²) in [5, 5.41) is 9.17. The average molecular weight is 661 g/mol. The van der Waals surface area contributed by atoms with Crippen LogP contribution in [0.25, 0.3) is 0 Å². The number of aryl methyl sites for hydroxylation is 3. The molecule has 0 aromatic heterocycles. The standard InChI is InChI=1S/C15H18OS.C12H16OS.C12H14OS/c1-12-3-5-14(6-4-12)17-11-15(9-10-15)8-7-13(2)16;2*1-10-2-4-11(5-3-10)14-9-12(8-13)6-7-12/h3-8H,9-11H2,1-2H3;2-5,13H,6-9H2,1H3;2-5,8H,6-7,9H2,1H3/b8-7+;;. The molecule has 1 N–H and O–H groups in total. The van der Waals surface area contributed by atoms with Crippen LogP contribution in [-0.4, -0.2) is 41.0 Å². The predicted octanol–water partition coefficient (Wildman–Crippen LogP) is 9.94. The molecule has 3 aliphatic carbocycles. The van der Waals surface area contributed by atoms with Gasteiger partial charge in [0.15, 0.2) is 5.78 Å². The summed E-state index contributed by atoms with van der Waals surface area (Å²) in [5.41, 5.74) is 4.46. The molecule has 3 aliphatic rings. The third-order valence-electron chi connectivity index (χ3n) is 8.66. The Labute approximate surface area is 283 Å². The maximum Gasteiger partial charge on any atom is 0.152 e. The number of benzene rings is 3. The highest BCUT2D eigenvalue weighted by Gasteiger charge is 2.43. The predicted molar refractivity (Wildman–Crippen MR) is 194 cm³/mol. The monoisotopic (exact) mass is 660 g/mol. The molecule has 0 bridgehead atoms. The van der Waals surface area contributed by atoms with E-state index in [0.717, 1.165) is 36.4 Å². The zero-order valence-corrected chi connectivity index (χ0v) is 29.7. The number of aliphatic hydroxyl groups excluding tert-OH is 1. The third-order valence-corrected chi connectivity index (χ3v) is 12.7. The molecule has 0 amide bonds. The first kappa shape index (κ1) is 35.6. The van der Waals surface area contributed by atoms with Gasteiger partial charge in [-0.15, -0.1) is 35.3 Å². The van der Waals surface area contributed by atoms with Crippen LogP contribution in [0.2, 0.25) is 0 Å². The lowest BCUT2D eigenvalue weighted by Gasteiger charge is -2.10. The topological polar surface area (TPSA) is 54.4 Å². The van der Waals surface area contributed by atoms with E-state index in [4.69, 9.17) is 5.11 Å². The molecule has 240 valence electrons. The summed E-state index contributed by atoms with van der Waals surface area (Å²) < 4.78 is 0. The number of carbonyl (C=O) groups excluding carboxylic acids is 2. The number of hydrogen-bond donors (Lipinski definition) is 1. The second-order valence-electron chi connectivity index (χ2n) is 13.2. The quantitative estimate of drug-likeness (QED) is 0.112. The maximum absolute atomic E-state index is 10.9. The number of ketones is 1. The van der Waals surface area contributed by atoms with Crippen LogP contribution in [0.3, 0.4) is 0 Å². The van der Waals surface area contributed by atoms with Crippen molar-refractivity contribution in [3.8, 4) is 0 Å². The summed E-state index contributed by atoms with van der Waals surface area (Å²) in [7, 11) is 0. The molecule has 0 unspecified atom stereocenters. The minimum absolute atomic E-state index is 0.0234. The molecule has 0 saturated heterocycles. The first-order valence-electron chi connectivity index (χ1n) is 15.9. The Morgan fingerprint density at radius 3 is 1.33 bits per heavy atom. The van der Waals surface area contributed by atoms with Crippen LogP contribution in [-0.2, 0) is 9.59 Å². The molecule has 0 atom stereocenters. The maximum atomic E-state index is 10.9. The van der Waals surface area contributed by atoms with Crippen molar-refractivity contribution < 1.29 is 14.7 Å². The minimum atomic E-state index is 0.0234. The van der Waals surface area contributed by atoms with Crippen molar-refractivity contribution >= 4 is 47.4 Å². The Morgan fingerprint density at radius 1 is 0.644 bits per heavy atom. The van der Waals surface area contributed by atoms with Crippen molar-refractivity contribution in [3.05, 3.63) is 102 Å². The van der Waals surface area contributed by atoms with Gasteiger partial charge in [0.25, 0.3) is 0 Å². The number of hydrogen-bond acceptors (Lipinski definition) is 6. The molecule has 0 radical (unpaired) electrons. The van der Waals surface area contributed by atoms with E-state index in [2.05, 4.69) is 99.6 Å². The molecule has 6 rings (SSSR count). The van der Waals surface area contributed by atoms with Crippen molar-refractivity contribution in [1.82, 2.24) is 0 Å². The average Bonchev–Trinajstić information content (AvgIpc) is 3.95. The first-order valence-corrected chi connectivity index (χ1v) is 18.9. The molecule has 3 fully saturated rings. The number of carbonyl (C=O) groups is 2. The molecule has 6 heteroatoms. The summed E-state index contributed by atoms with van der Waals surface area (Å²) in [5.74, 6) is 3.24. The van der Waals surface area contributed by atoms with E-state index in [0.29, 0.717) is 12.0 Å². The van der Waals surface area contributed by atoms with Gasteiger partial charge in [0.05, 0.1) is 0 Å². The SMILES string of the molecule is CC(=O)/C=C/C1(CSc2ccc(C)cc2)CC1.Cc1ccc(SCC2(C=O)CC2)cc1.Cc1ccc(SCC2(CO)CC2)cc1. The Bertz CT molecular complexity index is 1400. The van der Waals surface area contributed by atoms with Gasteiger partial charge in [-0.05, 0) is 114 Å². The van der Waals surface area contributed by atoms with E-state index >= 15 is 0 Å². The van der Waals surface area contributed by atoms with Crippen LogP contribution in [0, 0.1) is 37.0 Å². The van der Waals surface area contributed by atoms with E-state index in [1.165, 1.54) is 57.1 Å². The number of allylic oxidation sites excluding steroid dienone is 2. The minimum Gasteiger partial charge on any atom is -0.396 e. The van der Waals surface area contributed by atoms with Crippen molar-refractivity contribution in [2.24, 2.45) is 16.2 Å². The Balaban J connectivity index is 0.000000155. The van der Waals surface area contributed by atoms with Crippen LogP contribution in [0.5, 0.6) is 0 Å². The molecule has 3 aromatic carbocycles. The molecule has 0 aliphatic heterocycles. The Kier molecular flexibility index (Phi) is 13.1. The smallest absolute Gasteiger partial charge is 0.152 e. The Morgan fingerprint density at radius 2 is 1.02 bits per heavy atom. The second-order valence-corrected chi connectivity index (χ2v) is 16.4. The van der Waals surface area contributed by atoms with Gasteiger partial charge < -0.3 is 9.90 Å². The second kappa shape index (κ2) is 16.5. The van der Waals surface area contributed by atoms with Gasteiger partial charge >= 0.3 is 0 Å². The molecular formula is C39H48O3S3. The van der Waals surface area contributed by atoms with Gasteiger partial charge in [0, 0.05) is 49.4 Å². The summed E-state index contributed by atoms with van der Waals surface area (Å²) in [6.45, 7) is 8.25. The fourth-order valence-corrected chi connectivity index (χ4v) is 7.88. The molecule has 3 aromatic rings. The summed E-state index contributed by atoms with van der Waals surface area (Å²) >= 11 is 5.54. The van der Waals surface area contributed by atoms with E-state index in [1.807, 2.05) is 23.5 Å². The van der Waals surface area contributed by atoms with Crippen LogP contribution in [0.15, 0.2) is 99.6 Å². The van der Waals surface area contributed by atoms with Gasteiger partial charge in [-0.25, -0.2) is 0 Å². The van der Waals surface area contributed by atoms with Gasteiger partial charge in [0.2, 0.25) is 0 Å². The summed E-state index contributed by atoms with van der Waals surface area (Å²) in [6, 6.07) is 25.7. The molecule has 0 heterocycles. The number of rotatable bonds is 13. The molecule has 0 spiro atoms. The van der Waals surface area contributed by atoms with Crippen LogP contribution < -0.4 is 0 Å². The van der Waals surface area contributed by atoms with Gasteiger partial charge in [0.1, 0.15) is 6.29 Å². The molecular weight excluding hydrogens is 613 g/mol. The van der Waals surface area contributed by atoms with Crippen molar-refractivity contribution in [2.75, 3.05) is 23.9 Å². The fraction of sp³-hybridized carbons (Fsp3) is 0.436. The van der Waals surface area contributed by atoms with E-state index < -0.39 is 0 Å². The van der Waals surface area contributed by atoms with E-state index in [1.54, 1.807) is 24.8 Å². The van der Waals surface area contributed by atoms with Gasteiger partial charge in [-0.1, -0.05) is 59.2 Å². The lowest BCUT2D eigenvalue weighted by Crippen LogP contribution is -2.09. The third kappa shape index (κ3) is 12.5. The van der Waals surface area contributed by atoms with Gasteiger partial charge in [-0.3, -0.25) is 4.79 Å². The Hall–Kier alpha value is -2.25. The van der Waals surface area contributed by atoms with Gasteiger partial charge in [-0.2, -0.15) is 0 Å². The summed E-state index contributed by atoms with van der Waals surface area (Å²) in [6.07, 6.45) is 12.0. The van der Waals surface area contributed by atoms with E-state index in [9.17, 15) is 9.59 Å².